The third-order valence-electron chi connectivity index (χ3n) is 4.05. The first-order valence-corrected chi connectivity index (χ1v) is 7.02. The summed E-state index contributed by atoms with van der Waals surface area (Å²) in [5, 5.41) is 0.582. The van der Waals surface area contributed by atoms with E-state index in [1.807, 2.05) is 4.57 Å². The van der Waals surface area contributed by atoms with Crippen LogP contribution in [0.25, 0.3) is 11.2 Å². The molecule has 1 saturated carbocycles. The van der Waals surface area contributed by atoms with Crippen LogP contribution >= 0.6 is 11.6 Å². The highest BCUT2D eigenvalue weighted by molar-refractivity contribution is 6.31. The van der Waals surface area contributed by atoms with Gasteiger partial charge in [0.25, 0.3) is 0 Å². The fourth-order valence-corrected chi connectivity index (χ4v) is 3.21. The van der Waals surface area contributed by atoms with Gasteiger partial charge in [0.1, 0.15) is 5.52 Å². The maximum absolute atomic E-state index is 6.08. The van der Waals surface area contributed by atoms with Crippen LogP contribution in [-0.4, -0.2) is 27.2 Å². The highest BCUT2D eigenvalue weighted by atomic mass is 35.5. The van der Waals surface area contributed by atoms with Crippen LogP contribution in [0.2, 0.25) is 5.02 Å². The molecule has 0 bridgehead atoms. The lowest BCUT2D eigenvalue weighted by atomic mass is 10.1. The van der Waals surface area contributed by atoms with Gasteiger partial charge in [-0.1, -0.05) is 11.6 Å². The number of aromatic nitrogens is 3. The van der Waals surface area contributed by atoms with Crippen molar-refractivity contribution in [2.75, 3.05) is 12.3 Å². The van der Waals surface area contributed by atoms with Crippen LogP contribution in [0.15, 0.2) is 12.3 Å². The molecule has 1 saturated heterocycles. The van der Waals surface area contributed by atoms with E-state index >= 15 is 0 Å². The Morgan fingerprint density at radius 2 is 2.21 bits per heavy atom. The fraction of sp³-hybridized carbons (Fsp3) is 0.538. The number of ether oxygens (including phenoxy) is 1. The van der Waals surface area contributed by atoms with Crippen LogP contribution in [0, 0.1) is 5.92 Å². The molecule has 6 heteroatoms. The fourth-order valence-electron chi connectivity index (χ4n) is 3.05. The van der Waals surface area contributed by atoms with Gasteiger partial charge in [-0.2, -0.15) is 0 Å². The van der Waals surface area contributed by atoms with E-state index in [9.17, 15) is 0 Å². The molecule has 2 aromatic rings. The van der Waals surface area contributed by atoms with Gasteiger partial charge in [-0.3, -0.25) is 4.57 Å². The van der Waals surface area contributed by atoms with Crippen molar-refractivity contribution < 1.29 is 4.74 Å². The van der Waals surface area contributed by atoms with E-state index in [1.54, 1.807) is 12.3 Å². The molecule has 1 aliphatic carbocycles. The summed E-state index contributed by atoms with van der Waals surface area (Å²) < 4.78 is 7.91. The predicted octanol–water partition coefficient (Wildman–Crippen LogP) is 2.41. The monoisotopic (exact) mass is 278 g/mol. The number of nitrogen functional groups attached to an aromatic ring is 1. The first kappa shape index (κ1) is 11.5. The number of halogens is 1. The average molecular weight is 279 g/mol. The van der Waals surface area contributed by atoms with Crippen LogP contribution in [0.4, 0.5) is 5.95 Å². The number of hydrogen-bond donors (Lipinski definition) is 1. The molecule has 0 amide bonds. The number of fused-ring (bicyclic) bond motifs is 1. The topological polar surface area (TPSA) is 66.0 Å². The SMILES string of the molecule is Nc1nc2cc(Cl)cnc2n1C1CCOC1C1CC1. The second-order valence-corrected chi connectivity index (χ2v) is 5.80. The van der Waals surface area contributed by atoms with Crippen molar-refractivity contribution in [2.45, 2.75) is 31.4 Å². The lowest BCUT2D eigenvalue weighted by Gasteiger charge is -2.20. The Morgan fingerprint density at radius 3 is 3.00 bits per heavy atom. The molecule has 3 heterocycles. The van der Waals surface area contributed by atoms with E-state index < -0.39 is 0 Å². The van der Waals surface area contributed by atoms with Crippen molar-refractivity contribution in [1.82, 2.24) is 14.5 Å². The minimum atomic E-state index is 0.256. The van der Waals surface area contributed by atoms with Crippen LogP contribution in [0.1, 0.15) is 25.3 Å². The van der Waals surface area contributed by atoms with Crippen molar-refractivity contribution in [3.05, 3.63) is 17.3 Å². The molecule has 0 aromatic carbocycles. The van der Waals surface area contributed by atoms with E-state index in [2.05, 4.69) is 9.97 Å². The molecule has 100 valence electrons. The smallest absolute Gasteiger partial charge is 0.202 e. The molecule has 5 nitrogen and oxygen atoms in total. The summed E-state index contributed by atoms with van der Waals surface area (Å²) in [7, 11) is 0. The summed E-state index contributed by atoms with van der Waals surface area (Å²) in [6.07, 6.45) is 5.39. The van der Waals surface area contributed by atoms with Gasteiger partial charge in [0.15, 0.2) is 5.65 Å². The quantitative estimate of drug-likeness (QED) is 0.916. The molecule has 4 rings (SSSR count). The summed E-state index contributed by atoms with van der Waals surface area (Å²) >= 11 is 5.95. The van der Waals surface area contributed by atoms with Crippen LogP contribution in [0.5, 0.6) is 0 Å². The third kappa shape index (κ3) is 1.80. The molecule has 2 fully saturated rings. The zero-order valence-electron chi connectivity index (χ0n) is 10.4. The number of nitrogens with two attached hydrogens (primary N) is 1. The first-order valence-electron chi connectivity index (χ1n) is 6.64. The normalized spacial score (nSPS) is 27.2. The highest BCUT2D eigenvalue weighted by Gasteiger charge is 2.42. The first-order chi connectivity index (χ1) is 9.24. The maximum atomic E-state index is 6.08. The third-order valence-corrected chi connectivity index (χ3v) is 4.25. The van der Waals surface area contributed by atoms with Crippen molar-refractivity contribution >= 4 is 28.7 Å². The number of imidazole rings is 1. The van der Waals surface area contributed by atoms with E-state index in [1.165, 1.54) is 12.8 Å². The molecule has 2 aromatic heterocycles. The minimum Gasteiger partial charge on any atom is -0.376 e. The van der Waals surface area contributed by atoms with Crippen LogP contribution in [0.3, 0.4) is 0 Å². The molecule has 2 unspecified atom stereocenters. The summed E-state index contributed by atoms with van der Waals surface area (Å²) in [5.74, 6) is 1.18. The molecule has 19 heavy (non-hydrogen) atoms. The van der Waals surface area contributed by atoms with E-state index in [0.29, 0.717) is 16.9 Å². The highest BCUT2D eigenvalue weighted by Crippen LogP contribution is 2.44. The Kier molecular flexibility index (Phi) is 2.47. The lowest BCUT2D eigenvalue weighted by Crippen LogP contribution is -2.23. The number of pyridine rings is 1. The number of rotatable bonds is 2. The summed E-state index contributed by atoms with van der Waals surface area (Å²) in [6, 6.07) is 2.06. The molecule has 0 radical (unpaired) electrons. The van der Waals surface area contributed by atoms with Gasteiger partial charge in [-0.25, -0.2) is 9.97 Å². The van der Waals surface area contributed by atoms with Gasteiger partial charge < -0.3 is 10.5 Å². The van der Waals surface area contributed by atoms with Crippen molar-refractivity contribution in [3.63, 3.8) is 0 Å². The Balaban J connectivity index is 1.83. The van der Waals surface area contributed by atoms with Crippen molar-refractivity contribution in [1.29, 1.82) is 0 Å². The molecule has 2 aliphatic rings. The zero-order chi connectivity index (χ0) is 13.0. The molecule has 0 spiro atoms. The van der Waals surface area contributed by atoms with E-state index in [4.69, 9.17) is 22.1 Å². The number of hydrogen-bond acceptors (Lipinski definition) is 4. The van der Waals surface area contributed by atoms with Crippen LogP contribution in [-0.2, 0) is 4.74 Å². The average Bonchev–Trinajstić information content (AvgIpc) is 3.02. The van der Waals surface area contributed by atoms with Crippen LogP contribution < -0.4 is 5.73 Å². The Bertz CT molecular complexity index is 637. The van der Waals surface area contributed by atoms with Gasteiger partial charge in [0.2, 0.25) is 5.95 Å². The second-order valence-electron chi connectivity index (χ2n) is 5.37. The molecular weight excluding hydrogens is 264 g/mol. The minimum absolute atomic E-state index is 0.256. The summed E-state index contributed by atoms with van der Waals surface area (Å²) in [4.78, 5) is 8.76. The van der Waals surface area contributed by atoms with E-state index in [0.717, 1.165) is 24.2 Å². The van der Waals surface area contributed by atoms with Crippen molar-refractivity contribution in [3.8, 4) is 0 Å². The van der Waals surface area contributed by atoms with Gasteiger partial charge in [-0.05, 0) is 31.2 Å². The molecule has 2 atom stereocenters. The maximum Gasteiger partial charge on any atom is 0.202 e. The zero-order valence-corrected chi connectivity index (χ0v) is 11.2. The van der Waals surface area contributed by atoms with Gasteiger partial charge in [-0.15, -0.1) is 0 Å². The molecule has 1 aliphatic heterocycles. The summed E-state index contributed by atoms with van der Waals surface area (Å²) in [5.41, 5.74) is 7.64. The molecular formula is C13H15ClN4O. The lowest BCUT2D eigenvalue weighted by molar-refractivity contribution is 0.0761. The molecule has 2 N–H and O–H groups in total. The largest absolute Gasteiger partial charge is 0.376 e. The van der Waals surface area contributed by atoms with Gasteiger partial charge in [0, 0.05) is 12.8 Å². The van der Waals surface area contributed by atoms with Gasteiger partial charge >= 0.3 is 0 Å². The second kappa shape index (κ2) is 4.08. The predicted molar refractivity (Wildman–Crippen MR) is 73.1 cm³/mol. The van der Waals surface area contributed by atoms with Crippen molar-refractivity contribution in [2.24, 2.45) is 5.92 Å². The standard InChI is InChI=1S/C13H15ClN4O/c14-8-5-9-12(16-6-8)18(13(15)17-9)10-3-4-19-11(10)7-1-2-7/h5-7,10-11H,1-4H2,(H2,15,17). The number of nitrogens with zero attached hydrogens (tertiary/aromatic N) is 3. The van der Waals surface area contributed by atoms with Gasteiger partial charge in [0.05, 0.1) is 17.2 Å². The van der Waals surface area contributed by atoms with E-state index in [-0.39, 0.29) is 12.1 Å². The number of anilines is 1. The summed E-state index contributed by atoms with van der Waals surface area (Å²) in [6.45, 7) is 0.790. The Morgan fingerprint density at radius 1 is 1.37 bits per heavy atom. The Labute approximate surface area is 115 Å². The Hall–Kier alpha value is -1.33.